The smallest absolute Gasteiger partial charge is 0.335 e. The molecule has 1 aliphatic heterocycles. The molecule has 200 valence electrons. The molecule has 0 radical (unpaired) electrons. The van der Waals surface area contributed by atoms with Crippen molar-refractivity contribution in [3.63, 3.8) is 0 Å². The third kappa shape index (κ3) is 4.01. The minimum Gasteiger partial charge on any atom is -0.335 e. The second-order valence-electron chi connectivity index (χ2n) is 12.1. The summed E-state index contributed by atoms with van der Waals surface area (Å²) in [5.41, 5.74) is 1.17. The van der Waals surface area contributed by atoms with Gasteiger partial charge in [-0.3, -0.25) is 9.69 Å². The molecule has 1 amide bonds. The zero-order valence-corrected chi connectivity index (χ0v) is 21.5. The first-order chi connectivity index (χ1) is 18.2. The van der Waals surface area contributed by atoms with E-state index in [1.807, 2.05) is 19.1 Å². The van der Waals surface area contributed by atoms with Crippen LogP contribution in [-0.2, 0) is 6.18 Å². The van der Waals surface area contributed by atoms with E-state index >= 15 is 0 Å². The molecule has 4 saturated carbocycles. The second kappa shape index (κ2) is 8.53. The predicted octanol–water partition coefficient (Wildman–Crippen LogP) is 5.45. The molecule has 5 fully saturated rings. The van der Waals surface area contributed by atoms with Gasteiger partial charge in [-0.2, -0.15) is 18.3 Å². The Morgan fingerprint density at radius 3 is 2.11 bits per heavy atom. The largest absolute Gasteiger partial charge is 0.433 e. The molecule has 5 aliphatic rings. The van der Waals surface area contributed by atoms with Crippen molar-refractivity contribution in [2.24, 2.45) is 17.8 Å². The number of nitrogens with zero attached hydrogens (tertiary/aromatic N) is 5. The van der Waals surface area contributed by atoms with Crippen LogP contribution >= 0.6 is 0 Å². The molecule has 3 heterocycles. The summed E-state index contributed by atoms with van der Waals surface area (Å²) in [5.74, 6) is 2.25. The maximum Gasteiger partial charge on any atom is 0.433 e. The van der Waals surface area contributed by atoms with Gasteiger partial charge in [0.25, 0.3) is 5.91 Å². The van der Waals surface area contributed by atoms with Crippen LogP contribution in [0.4, 0.5) is 13.2 Å². The van der Waals surface area contributed by atoms with Gasteiger partial charge in [0.2, 0.25) is 0 Å². The van der Waals surface area contributed by atoms with Crippen molar-refractivity contribution in [3.8, 4) is 11.3 Å². The molecule has 2 aromatic heterocycles. The Morgan fingerprint density at radius 1 is 0.921 bits per heavy atom. The van der Waals surface area contributed by atoms with Gasteiger partial charge in [-0.15, -0.1) is 0 Å². The van der Waals surface area contributed by atoms with Gasteiger partial charge in [-0.1, -0.05) is 29.8 Å². The fourth-order valence-electron chi connectivity index (χ4n) is 8.15. The summed E-state index contributed by atoms with van der Waals surface area (Å²) in [6.45, 7) is 4.69. The first-order valence-electron chi connectivity index (χ1n) is 13.8. The molecule has 3 aromatic rings. The minimum absolute atomic E-state index is 0.00677. The van der Waals surface area contributed by atoms with Crippen molar-refractivity contribution in [3.05, 3.63) is 53.3 Å². The van der Waals surface area contributed by atoms with Crippen LogP contribution in [0.25, 0.3) is 16.9 Å². The first-order valence-corrected chi connectivity index (χ1v) is 13.8. The van der Waals surface area contributed by atoms with E-state index in [0.29, 0.717) is 24.2 Å². The molecule has 0 spiro atoms. The number of hydrogen-bond donors (Lipinski definition) is 0. The summed E-state index contributed by atoms with van der Waals surface area (Å²) < 4.78 is 42.8. The van der Waals surface area contributed by atoms with E-state index < -0.39 is 11.9 Å². The van der Waals surface area contributed by atoms with E-state index in [9.17, 15) is 18.0 Å². The lowest BCUT2D eigenvalue weighted by Gasteiger charge is -2.61. The van der Waals surface area contributed by atoms with Crippen LogP contribution in [0.5, 0.6) is 0 Å². The average molecular weight is 524 g/mol. The zero-order chi connectivity index (χ0) is 26.2. The number of carbonyl (C=O) groups is 1. The Bertz CT molecular complexity index is 1350. The number of aryl methyl sites for hydroxylation is 1. The van der Waals surface area contributed by atoms with Gasteiger partial charge in [0.1, 0.15) is 0 Å². The highest BCUT2D eigenvalue weighted by molar-refractivity contribution is 5.93. The normalized spacial score (nSPS) is 29.4. The van der Waals surface area contributed by atoms with Gasteiger partial charge in [-0.25, -0.2) is 9.50 Å². The van der Waals surface area contributed by atoms with Crippen molar-refractivity contribution in [1.29, 1.82) is 0 Å². The molecule has 9 heteroatoms. The number of amides is 1. The highest BCUT2D eigenvalue weighted by Crippen LogP contribution is 2.57. The van der Waals surface area contributed by atoms with Crippen molar-refractivity contribution in [1.82, 2.24) is 24.4 Å². The number of benzene rings is 1. The van der Waals surface area contributed by atoms with Crippen molar-refractivity contribution >= 4 is 11.6 Å². The molecule has 4 aliphatic carbocycles. The van der Waals surface area contributed by atoms with E-state index in [0.717, 1.165) is 47.0 Å². The second-order valence-corrected chi connectivity index (χ2v) is 12.1. The molecule has 0 unspecified atom stereocenters. The number of fused-ring (bicyclic) bond motifs is 1. The summed E-state index contributed by atoms with van der Waals surface area (Å²) in [6.07, 6.45) is 3.40. The molecule has 0 N–H and O–H groups in total. The van der Waals surface area contributed by atoms with Crippen LogP contribution < -0.4 is 0 Å². The SMILES string of the molecule is Cc1ccc(-c2cc(C(F)(F)F)n3nc(C(=O)N4CCN(C56CC7CC(CC(C7)C5)C6)CC4)cc3n2)cc1. The Morgan fingerprint density at radius 2 is 1.53 bits per heavy atom. The first kappa shape index (κ1) is 24.1. The predicted molar refractivity (Wildman–Crippen MR) is 137 cm³/mol. The number of rotatable bonds is 3. The van der Waals surface area contributed by atoms with E-state index in [2.05, 4.69) is 15.0 Å². The fraction of sp³-hybridized carbons (Fsp3) is 0.552. The van der Waals surface area contributed by atoms with Gasteiger partial charge in [0.05, 0.1) is 5.69 Å². The Kier molecular flexibility index (Phi) is 5.42. The van der Waals surface area contributed by atoms with E-state index in [4.69, 9.17) is 0 Å². The summed E-state index contributed by atoms with van der Waals surface area (Å²) >= 11 is 0. The molecule has 1 aromatic carbocycles. The monoisotopic (exact) mass is 523 g/mol. The molecular weight excluding hydrogens is 491 g/mol. The average Bonchev–Trinajstić information content (AvgIpc) is 3.31. The molecule has 6 nitrogen and oxygen atoms in total. The summed E-state index contributed by atoms with van der Waals surface area (Å²) in [7, 11) is 0. The van der Waals surface area contributed by atoms with Crippen molar-refractivity contribution in [2.75, 3.05) is 26.2 Å². The lowest BCUT2D eigenvalue weighted by Crippen LogP contribution is -2.64. The van der Waals surface area contributed by atoms with Crippen molar-refractivity contribution in [2.45, 2.75) is 57.2 Å². The number of carbonyl (C=O) groups excluding carboxylic acids is 1. The molecule has 1 saturated heterocycles. The van der Waals surface area contributed by atoms with Crippen molar-refractivity contribution < 1.29 is 18.0 Å². The summed E-state index contributed by atoms with van der Waals surface area (Å²) in [6, 6.07) is 9.57. The van der Waals surface area contributed by atoms with Gasteiger partial charge >= 0.3 is 6.18 Å². The maximum absolute atomic E-state index is 14.0. The standard InChI is InChI=1S/C29H32F3N5O/c1-18-2-4-22(5-3-18)23-13-25(29(30,31)32)37-26(33-23)14-24(34-37)27(38)35-6-8-36(9-7-35)28-15-19-10-20(16-28)12-21(11-19)17-28/h2-5,13-14,19-21H,6-12,15-17H2,1H3. The summed E-state index contributed by atoms with van der Waals surface area (Å²) in [5, 5.41) is 4.11. The maximum atomic E-state index is 14.0. The molecule has 38 heavy (non-hydrogen) atoms. The quantitative estimate of drug-likeness (QED) is 0.458. The lowest BCUT2D eigenvalue weighted by atomic mass is 9.52. The van der Waals surface area contributed by atoms with Gasteiger partial charge in [-0.05, 0) is 69.3 Å². The topological polar surface area (TPSA) is 53.7 Å². The fourth-order valence-corrected chi connectivity index (χ4v) is 8.15. The van der Waals surface area contributed by atoms with Crippen LogP contribution in [0.15, 0.2) is 36.4 Å². The van der Waals surface area contributed by atoms with E-state index in [1.165, 1.54) is 44.6 Å². The molecular formula is C29H32F3N5O. The van der Waals surface area contributed by atoms with Gasteiger partial charge < -0.3 is 4.90 Å². The van der Waals surface area contributed by atoms with Crippen LogP contribution in [-0.4, -0.2) is 62.0 Å². The lowest BCUT2D eigenvalue weighted by molar-refractivity contribution is -0.142. The molecule has 0 atom stereocenters. The number of piperazine rings is 1. The van der Waals surface area contributed by atoms with Gasteiger partial charge in [0, 0.05) is 43.3 Å². The highest BCUT2D eigenvalue weighted by atomic mass is 19.4. The highest BCUT2D eigenvalue weighted by Gasteiger charge is 2.53. The Hall–Kier alpha value is -2.94. The van der Waals surface area contributed by atoms with E-state index in [-0.39, 0.29) is 22.9 Å². The van der Waals surface area contributed by atoms with Crippen LogP contribution in [0, 0.1) is 24.7 Å². The molecule has 4 bridgehead atoms. The minimum atomic E-state index is -4.64. The van der Waals surface area contributed by atoms with Gasteiger partial charge in [0.15, 0.2) is 17.0 Å². The third-order valence-corrected chi connectivity index (χ3v) is 9.53. The van der Waals surface area contributed by atoms with Crippen LogP contribution in [0.2, 0.25) is 0 Å². The summed E-state index contributed by atoms with van der Waals surface area (Å²) in [4.78, 5) is 22.2. The van der Waals surface area contributed by atoms with Crippen LogP contribution in [0.1, 0.15) is 60.3 Å². The number of halogens is 3. The molecule has 8 rings (SSSR count). The Balaban J connectivity index is 1.13. The third-order valence-electron chi connectivity index (χ3n) is 9.53. The zero-order valence-electron chi connectivity index (χ0n) is 21.5. The number of alkyl halides is 3. The number of hydrogen-bond acceptors (Lipinski definition) is 4. The van der Waals surface area contributed by atoms with E-state index in [1.54, 1.807) is 17.0 Å². The number of aromatic nitrogens is 3. The van der Waals surface area contributed by atoms with Crippen LogP contribution in [0.3, 0.4) is 0 Å². The Labute approximate surface area is 219 Å².